The third kappa shape index (κ3) is 2.32. The van der Waals surface area contributed by atoms with Crippen molar-refractivity contribution in [1.29, 1.82) is 0 Å². The van der Waals surface area contributed by atoms with Crippen molar-refractivity contribution in [2.75, 3.05) is 16.0 Å². The topological polar surface area (TPSA) is 49.4 Å². The van der Waals surface area contributed by atoms with Crippen molar-refractivity contribution >= 4 is 46.6 Å². The van der Waals surface area contributed by atoms with Gasteiger partial charge in [0.1, 0.15) is 0 Å². The van der Waals surface area contributed by atoms with E-state index in [2.05, 4.69) is 5.32 Å². The zero-order valence-corrected chi connectivity index (χ0v) is 14.5. The van der Waals surface area contributed by atoms with Gasteiger partial charge in [0.05, 0.1) is 16.3 Å². The molecule has 2 aliphatic heterocycles. The van der Waals surface area contributed by atoms with Crippen LogP contribution in [0.3, 0.4) is 0 Å². The average Bonchev–Trinajstić information content (AvgIpc) is 3.06. The Balaban J connectivity index is 1.91. The smallest absolute Gasteiger partial charge is 0.323 e. The van der Waals surface area contributed by atoms with Crippen molar-refractivity contribution in [3.63, 3.8) is 0 Å². The molecular formula is C17H10ClF3N2O2S. The normalized spacial score (nSPS) is 22.1. The zero-order chi connectivity index (χ0) is 18.7. The summed E-state index contributed by atoms with van der Waals surface area (Å²) in [5, 5.41) is 2.24. The lowest BCUT2D eigenvalue weighted by Gasteiger charge is -2.32. The van der Waals surface area contributed by atoms with E-state index in [0.29, 0.717) is 11.3 Å². The fourth-order valence-corrected chi connectivity index (χ4v) is 4.79. The van der Waals surface area contributed by atoms with Gasteiger partial charge in [-0.2, -0.15) is 13.2 Å². The minimum absolute atomic E-state index is 0.0221. The first-order chi connectivity index (χ1) is 12.2. The van der Waals surface area contributed by atoms with Gasteiger partial charge in [0.25, 0.3) is 5.91 Å². The number of halogens is 4. The van der Waals surface area contributed by atoms with Gasteiger partial charge in [0.2, 0.25) is 10.8 Å². The number of carbonyl (C=O) groups is 2. The minimum Gasteiger partial charge on any atom is -0.323 e. The van der Waals surface area contributed by atoms with Gasteiger partial charge in [-0.15, -0.1) is 11.8 Å². The number of hydrogen-bond donors (Lipinski definition) is 1. The second kappa shape index (κ2) is 5.65. The molecule has 2 heterocycles. The highest BCUT2D eigenvalue weighted by molar-refractivity contribution is 8.02. The van der Waals surface area contributed by atoms with Crippen LogP contribution in [-0.4, -0.2) is 17.6 Å². The van der Waals surface area contributed by atoms with E-state index in [9.17, 15) is 22.8 Å². The number of hydrogen-bond acceptors (Lipinski definition) is 3. The molecule has 0 radical (unpaired) electrons. The summed E-state index contributed by atoms with van der Waals surface area (Å²) in [6.07, 6.45) is -4.67. The van der Waals surface area contributed by atoms with Crippen molar-refractivity contribution in [3.05, 3.63) is 58.6 Å². The maximum absolute atomic E-state index is 13.2. The first-order valence-corrected chi connectivity index (χ1v) is 8.86. The van der Waals surface area contributed by atoms with Gasteiger partial charge >= 0.3 is 6.18 Å². The van der Waals surface area contributed by atoms with E-state index < -0.39 is 33.4 Å². The largest absolute Gasteiger partial charge is 0.417 e. The monoisotopic (exact) mass is 398 g/mol. The molecule has 2 aliphatic rings. The first-order valence-electron chi connectivity index (χ1n) is 7.50. The highest BCUT2D eigenvalue weighted by Gasteiger charge is 2.58. The van der Waals surface area contributed by atoms with Crippen LogP contribution in [0.2, 0.25) is 5.02 Å². The summed E-state index contributed by atoms with van der Waals surface area (Å²) in [5.41, 5.74) is 0.00542. The van der Waals surface area contributed by atoms with Crippen LogP contribution >= 0.6 is 23.4 Å². The van der Waals surface area contributed by atoms with Crippen LogP contribution in [0.1, 0.15) is 11.1 Å². The van der Waals surface area contributed by atoms with Crippen molar-refractivity contribution in [2.45, 2.75) is 11.0 Å². The van der Waals surface area contributed by atoms with Gasteiger partial charge < -0.3 is 5.32 Å². The van der Waals surface area contributed by atoms with Crippen LogP contribution in [-0.2, 0) is 20.6 Å². The predicted octanol–water partition coefficient (Wildman–Crippen LogP) is 4.24. The Labute approximate surface area is 155 Å². The lowest BCUT2D eigenvalue weighted by atomic mass is 10.0. The van der Waals surface area contributed by atoms with E-state index in [4.69, 9.17) is 11.6 Å². The molecular weight excluding hydrogens is 389 g/mol. The van der Waals surface area contributed by atoms with Crippen LogP contribution in [0, 0.1) is 0 Å². The molecule has 26 heavy (non-hydrogen) atoms. The molecule has 2 aromatic carbocycles. The van der Waals surface area contributed by atoms with Crippen LogP contribution in [0.25, 0.3) is 0 Å². The van der Waals surface area contributed by atoms with Gasteiger partial charge in [-0.25, -0.2) is 0 Å². The third-order valence-corrected chi connectivity index (χ3v) is 6.06. The lowest BCUT2D eigenvalue weighted by molar-refractivity contribution is -0.137. The quantitative estimate of drug-likeness (QED) is 0.781. The number of para-hydroxylation sites is 1. The highest BCUT2D eigenvalue weighted by Crippen LogP contribution is 2.54. The molecule has 1 fully saturated rings. The van der Waals surface area contributed by atoms with E-state index in [1.165, 1.54) is 6.07 Å². The Hall–Kier alpha value is -2.19. The first kappa shape index (κ1) is 17.2. The van der Waals surface area contributed by atoms with E-state index in [1.54, 1.807) is 24.3 Å². The van der Waals surface area contributed by atoms with Crippen LogP contribution in [0.15, 0.2) is 42.5 Å². The molecule has 0 aliphatic carbocycles. The number of nitrogens with zero attached hydrogens (tertiary/aromatic N) is 1. The number of nitrogens with one attached hydrogen (secondary N) is 1. The summed E-state index contributed by atoms with van der Waals surface area (Å²) in [6.45, 7) is 0. The molecule has 1 N–H and O–H groups in total. The molecule has 1 spiro atoms. The van der Waals surface area contributed by atoms with Crippen molar-refractivity contribution < 1.29 is 22.8 Å². The molecule has 0 aromatic heterocycles. The van der Waals surface area contributed by atoms with Crippen LogP contribution < -0.4 is 10.2 Å². The van der Waals surface area contributed by atoms with E-state index >= 15 is 0 Å². The number of benzene rings is 2. The van der Waals surface area contributed by atoms with Crippen molar-refractivity contribution in [1.82, 2.24) is 0 Å². The molecule has 0 bridgehead atoms. The molecule has 1 saturated heterocycles. The van der Waals surface area contributed by atoms with Gasteiger partial charge in [-0.1, -0.05) is 29.8 Å². The Morgan fingerprint density at radius 2 is 1.88 bits per heavy atom. The zero-order valence-electron chi connectivity index (χ0n) is 12.9. The predicted molar refractivity (Wildman–Crippen MR) is 93.1 cm³/mol. The van der Waals surface area contributed by atoms with Gasteiger partial charge in [0, 0.05) is 16.9 Å². The SMILES string of the molecule is O=C1CS[C@]2(C(=O)Nc3ccccc32)N1c1ccc(Cl)c(C(F)(F)F)c1. The second-order valence-corrected chi connectivity index (χ2v) is 7.40. The van der Waals surface area contributed by atoms with Gasteiger partial charge in [0.15, 0.2) is 0 Å². The summed E-state index contributed by atoms with van der Waals surface area (Å²) >= 11 is 6.76. The Morgan fingerprint density at radius 3 is 2.62 bits per heavy atom. The summed E-state index contributed by atoms with van der Waals surface area (Å²) in [5.74, 6) is -0.929. The molecule has 1 atom stereocenters. The number of anilines is 2. The van der Waals surface area contributed by atoms with Crippen LogP contribution in [0.5, 0.6) is 0 Å². The lowest BCUT2D eigenvalue weighted by Crippen LogP contribution is -2.47. The van der Waals surface area contributed by atoms with E-state index in [-0.39, 0.29) is 11.4 Å². The van der Waals surface area contributed by atoms with Crippen molar-refractivity contribution in [3.8, 4) is 0 Å². The van der Waals surface area contributed by atoms with E-state index in [0.717, 1.165) is 28.8 Å². The van der Waals surface area contributed by atoms with Gasteiger partial charge in [-0.3, -0.25) is 14.5 Å². The molecule has 4 rings (SSSR count). The Bertz CT molecular complexity index is 950. The highest BCUT2D eigenvalue weighted by atomic mass is 35.5. The molecule has 134 valence electrons. The van der Waals surface area contributed by atoms with Crippen molar-refractivity contribution in [2.24, 2.45) is 0 Å². The average molecular weight is 399 g/mol. The Kier molecular flexibility index (Phi) is 3.75. The number of fused-ring (bicyclic) bond motifs is 2. The molecule has 0 unspecified atom stereocenters. The number of rotatable bonds is 1. The maximum atomic E-state index is 13.2. The fourth-order valence-electron chi connectivity index (χ4n) is 3.25. The molecule has 0 saturated carbocycles. The number of amides is 2. The number of alkyl halides is 3. The second-order valence-electron chi connectivity index (χ2n) is 5.82. The summed E-state index contributed by atoms with van der Waals surface area (Å²) < 4.78 is 39.7. The van der Waals surface area contributed by atoms with Crippen LogP contribution in [0.4, 0.5) is 24.5 Å². The number of carbonyl (C=O) groups excluding carboxylic acids is 2. The summed E-state index contributed by atoms with van der Waals surface area (Å²) in [6, 6.07) is 10.0. The third-order valence-electron chi connectivity index (χ3n) is 4.33. The minimum atomic E-state index is -4.67. The summed E-state index contributed by atoms with van der Waals surface area (Å²) in [7, 11) is 0. The molecule has 9 heteroatoms. The summed E-state index contributed by atoms with van der Waals surface area (Å²) in [4.78, 5) is 25.0. The molecule has 4 nitrogen and oxygen atoms in total. The maximum Gasteiger partial charge on any atom is 0.417 e. The Morgan fingerprint density at radius 1 is 1.15 bits per heavy atom. The number of thioether (sulfide) groups is 1. The standard InChI is InChI=1S/C17H10ClF3N2O2S/c18-12-6-5-9(7-11(12)17(19,20)21)23-14(24)8-26-16(23)10-3-1-2-4-13(10)22-15(16)25/h1-7H,8H2,(H,22,25)/t16-/m1/s1. The fraction of sp³-hybridized carbons (Fsp3) is 0.176. The van der Waals surface area contributed by atoms with E-state index in [1.807, 2.05) is 0 Å². The molecule has 2 amide bonds. The van der Waals surface area contributed by atoms with Gasteiger partial charge in [-0.05, 0) is 24.3 Å². The molecule has 2 aromatic rings.